The van der Waals surface area contributed by atoms with Gasteiger partial charge in [-0.1, -0.05) is 73.9 Å². The molecule has 1 heteroatoms. The van der Waals surface area contributed by atoms with E-state index in [1.807, 2.05) is 0 Å². The summed E-state index contributed by atoms with van der Waals surface area (Å²) >= 11 is 0. The molecule has 166 valence electrons. The molecule has 0 saturated carbocycles. The highest BCUT2D eigenvalue weighted by atomic mass is 31.2. The Morgan fingerprint density at radius 1 is 0.719 bits per heavy atom. The maximum atomic E-state index is 5.39. The number of hydrogen-bond acceptors (Lipinski definition) is 0. The van der Waals surface area contributed by atoms with Gasteiger partial charge in [0.2, 0.25) is 0 Å². The van der Waals surface area contributed by atoms with Crippen LogP contribution in [-0.2, 0) is 0 Å². The first kappa shape index (κ1) is 24.3. The fourth-order valence-electron chi connectivity index (χ4n) is 4.59. The van der Waals surface area contributed by atoms with E-state index in [0.29, 0.717) is 0 Å². The zero-order valence-corrected chi connectivity index (χ0v) is 20.4. The molecule has 0 fully saturated rings. The van der Waals surface area contributed by atoms with Crippen molar-refractivity contribution in [3.8, 4) is 12.3 Å². The monoisotopic (exact) mass is 441 g/mol. The molecule has 0 aromatic heterocycles. The molecule has 2 aliphatic rings. The molecule has 1 atom stereocenters. The van der Waals surface area contributed by atoms with Crippen molar-refractivity contribution in [3.05, 3.63) is 102 Å². The van der Waals surface area contributed by atoms with Crippen LogP contribution in [0.3, 0.4) is 0 Å². The summed E-state index contributed by atoms with van der Waals surface area (Å²) in [6, 6.07) is 11.3. The quantitative estimate of drug-likeness (QED) is 0.183. The maximum Gasteiger partial charge on any atom is 0.112 e. The minimum Gasteiger partial charge on any atom is -0.120 e. The summed E-state index contributed by atoms with van der Waals surface area (Å²) < 4.78 is 0. The van der Waals surface area contributed by atoms with Gasteiger partial charge in [0.1, 0.15) is 23.2 Å². The van der Waals surface area contributed by atoms with Gasteiger partial charge < -0.3 is 0 Å². The molecule has 0 bridgehead atoms. The number of unbranched alkanes of at least 4 members (excludes halogenated alkanes) is 6. The second kappa shape index (κ2) is 13.9. The van der Waals surface area contributed by atoms with E-state index in [4.69, 9.17) is 6.42 Å². The molecule has 32 heavy (non-hydrogen) atoms. The average molecular weight is 442 g/mol. The highest BCUT2D eigenvalue weighted by Crippen LogP contribution is 2.72. The SMILES string of the molecule is C#CCCCCCCCC[P+](C1=CC=CCC=C1)(C1=C/C=C\CCC=C1)c1ccccc1. The standard InChI is InChI=1S/C31H38P/c1-2-3-4-5-6-7-13-21-28-32(31-26-19-14-20-27-31,30-24-17-11-12-18-25-30)29-22-15-9-8-10-16-23-29/h1,9,11,14-20,22-27H,3-8,10,12-13,21,28H2/q+1/b15-9-,23-16?,29-22?. The third-order valence-corrected chi connectivity index (χ3v) is 10.8. The molecule has 0 N–H and O–H groups in total. The van der Waals surface area contributed by atoms with Crippen LogP contribution in [0.1, 0.15) is 64.2 Å². The predicted octanol–water partition coefficient (Wildman–Crippen LogP) is 8.88. The molecule has 3 rings (SSSR count). The lowest BCUT2D eigenvalue weighted by Crippen LogP contribution is -2.17. The molecule has 0 aliphatic heterocycles. The van der Waals surface area contributed by atoms with Crippen LogP contribution in [0, 0.1) is 12.3 Å². The van der Waals surface area contributed by atoms with Crippen molar-refractivity contribution >= 4 is 12.6 Å². The average Bonchev–Trinajstić information content (AvgIpc) is 3.09. The Morgan fingerprint density at radius 2 is 1.38 bits per heavy atom. The maximum absolute atomic E-state index is 5.39. The second-order valence-corrected chi connectivity index (χ2v) is 12.2. The van der Waals surface area contributed by atoms with E-state index in [1.165, 1.54) is 60.6 Å². The minimum atomic E-state index is -1.72. The molecule has 0 radical (unpaired) electrons. The van der Waals surface area contributed by atoms with Gasteiger partial charge in [0.15, 0.2) is 0 Å². The van der Waals surface area contributed by atoms with E-state index < -0.39 is 7.26 Å². The predicted molar refractivity (Wildman–Crippen MR) is 146 cm³/mol. The van der Waals surface area contributed by atoms with Crippen molar-refractivity contribution in [2.24, 2.45) is 0 Å². The van der Waals surface area contributed by atoms with Crippen LogP contribution in [0.4, 0.5) is 0 Å². The van der Waals surface area contributed by atoms with Gasteiger partial charge in [-0.3, -0.25) is 0 Å². The normalized spacial score (nSPS) is 18.5. The number of benzene rings is 1. The van der Waals surface area contributed by atoms with Crippen LogP contribution in [-0.4, -0.2) is 6.16 Å². The van der Waals surface area contributed by atoms with Gasteiger partial charge in [-0.15, -0.1) is 12.3 Å². The van der Waals surface area contributed by atoms with Crippen LogP contribution in [0.15, 0.2) is 102 Å². The Morgan fingerprint density at radius 3 is 2.16 bits per heavy atom. The lowest BCUT2D eigenvalue weighted by Gasteiger charge is -2.29. The smallest absolute Gasteiger partial charge is 0.112 e. The lowest BCUT2D eigenvalue weighted by molar-refractivity contribution is 0.615. The molecule has 2 aliphatic carbocycles. The summed E-state index contributed by atoms with van der Waals surface area (Å²) in [6.07, 6.45) is 41.9. The summed E-state index contributed by atoms with van der Waals surface area (Å²) in [4.78, 5) is 0. The van der Waals surface area contributed by atoms with E-state index in [0.717, 1.165) is 25.7 Å². The van der Waals surface area contributed by atoms with Gasteiger partial charge in [0, 0.05) is 6.42 Å². The van der Waals surface area contributed by atoms with Gasteiger partial charge >= 0.3 is 0 Å². The zero-order chi connectivity index (χ0) is 22.3. The molecule has 0 saturated heterocycles. The van der Waals surface area contributed by atoms with E-state index in [-0.39, 0.29) is 0 Å². The Bertz CT molecular complexity index is 917. The fraction of sp³-hybridized carbons (Fsp3) is 0.355. The third kappa shape index (κ3) is 6.82. The highest BCUT2D eigenvalue weighted by Gasteiger charge is 2.46. The largest absolute Gasteiger partial charge is 0.120 e. The van der Waals surface area contributed by atoms with Crippen molar-refractivity contribution in [3.63, 3.8) is 0 Å². The Kier molecular flexibility index (Phi) is 10.6. The first-order valence-electron chi connectivity index (χ1n) is 12.3. The Labute approximate surface area is 196 Å². The van der Waals surface area contributed by atoms with Crippen molar-refractivity contribution in [2.45, 2.75) is 64.2 Å². The highest BCUT2D eigenvalue weighted by molar-refractivity contribution is 7.90. The van der Waals surface area contributed by atoms with Crippen LogP contribution >= 0.6 is 7.26 Å². The van der Waals surface area contributed by atoms with Crippen molar-refractivity contribution in [2.75, 3.05) is 6.16 Å². The lowest BCUT2D eigenvalue weighted by atomic mass is 10.1. The summed E-state index contributed by atoms with van der Waals surface area (Å²) in [5.41, 5.74) is 0. The molecule has 1 aromatic carbocycles. The number of terminal acetylenes is 1. The van der Waals surface area contributed by atoms with Crippen LogP contribution in [0.2, 0.25) is 0 Å². The van der Waals surface area contributed by atoms with Gasteiger partial charge in [0.05, 0.1) is 6.16 Å². The molecular weight excluding hydrogens is 403 g/mol. The zero-order valence-electron chi connectivity index (χ0n) is 19.5. The second-order valence-electron chi connectivity index (χ2n) is 8.60. The van der Waals surface area contributed by atoms with Crippen LogP contribution in [0.5, 0.6) is 0 Å². The first-order valence-corrected chi connectivity index (χ1v) is 14.3. The molecule has 1 unspecified atom stereocenters. The van der Waals surface area contributed by atoms with Gasteiger partial charge in [0.25, 0.3) is 0 Å². The van der Waals surface area contributed by atoms with Crippen molar-refractivity contribution < 1.29 is 0 Å². The van der Waals surface area contributed by atoms with Crippen LogP contribution in [0.25, 0.3) is 0 Å². The van der Waals surface area contributed by atoms with Crippen molar-refractivity contribution in [1.82, 2.24) is 0 Å². The molecule has 0 nitrogen and oxygen atoms in total. The Hall–Kier alpha value is -2.35. The summed E-state index contributed by atoms with van der Waals surface area (Å²) in [7, 11) is -1.72. The van der Waals surface area contributed by atoms with Crippen LogP contribution < -0.4 is 5.30 Å². The first-order chi connectivity index (χ1) is 15.9. The fourth-order valence-corrected chi connectivity index (χ4v) is 9.04. The summed E-state index contributed by atoms with van der Waals surface area (Å²) in [5, 5.41) is 4.53. The Balaban J connectivity index is 1.92. The van der Waals surface area contributed by atoms with Crippen molar-refractivity contribution in [1.29, 1.82) is 0 Å². The number of hydrogen-bond donors (Lipinski definition) is 0. The number of allylic oxidation sites excluding steroid dienone is 12. The molecule has 0 spiro atoms. The van der Waals surface area contributed by atoms with Gasteiger partial charge in [-0.2, -0.15) is 0 Å². The van der Waals surface area contributed by atoms with Gasteiger partial charge in [-0.05, 0) is 75.0 Å². The summed E-state index contributed by atoms with van der Waals surface area (Å²) in [6.45, 7) is 0. The third-order valence-electron chi connectivity index (χ3n) is 6.30. The number of rotatable bonds is 11. The molecule has 1 aromatic rings. The summed E-state index contributed by atoms with van der Waals surface area (Å²) in [5.74, 6) is 2.76. The van der Waals surface area contributed by atoms with E-state index in [9.17, 15) is 0 Å². The van der Waals surface area contributed by atoms with E-state index in [2.05, 4.69) is 97.0 Å². The topological polar surface area (TPSA) is 0 Å². The van der Waals surface area contributed by atoms with Gasteiger partial charge in [-0.25, -0.2) is 0 Å². The molecule has 0 amide bonds. The molecular formula is C31H38P+. The van der Waals surface area contributed by atoms with E-state index >= 15 is 0 Å². The van der Waals surface area contributed by atoms with E-state index in [1.54, 1.807) is 0 Å². The molecule has 0 heterocycles. The minimum absolute atomic E-state index is 0.921.